The number of ether oxygens (including phenoxy) is 1. The van der Waals surface area contributed by atoms with E-state index >= 15 is 0 Å². The highest BCUT2D eigenvalue weighted by atomic mass is 16.5. The fraction of sp³-hybridized carbons (Fsp3) is 0.500. The normalized spacial score (nSPS) is 21.9. The molecule has 1 aromatic heterocycles. The first-order chi connectivity index (χ1) is 9.40. The Morgan fingerprint density at radius 2 is 1.84 bits per heavy atom. The van der Waals surface area contributed by atoms with Gasteiger partial charge in [0.05, 0.1) is 5.39 Å². The topological polar surface area (TPSA) is 25.6 Å². The molecule has 0 bridgehead atoms. The summed E-state index contributed by atoms with van der Waals surface area (Å²) < 4.78 is 11.7. The zero-order valence-electron chi connectivity index (χ0n) is 11.0. The molecule has 19 heavy (non-hydrogen) atoms. The van der Waals surface area contributed by atoms with Gasteiger partial charge < -0.3 is 14.1 Å². The Hall–Kier alpha value is -1.48. The molecule has 0 radical (unpaired) electrons. The molecule has 0 unspecified atom stereocenters. The Morgan fingerprint density at radius 1 is 1.05 bits per heavy atom. The number of likely N-dealkylation sites (tertiary alicyclic amines) is 1. The van der Waals surface area contributed by atoms with Crippen molar-refractivity contribution in [3.63, 3.8) is 0 Å². The van der Waals surface area contributed by atoms with Gasteiger partial charge in [0.25, 0.3) is 0 Å². The fourth-order valence-electron chi connectivity index (χ4n) is 3.02. The highest BCUT2D eigenvalue weighted by Gasteiger charge is 2.32. The first-order valence-corrected chi connectivity index (χ1v) is 7.27. The van der Waals surface area contributed by atoms with Crippen molar-refractivity contribution in [3.05, 3.63) is 30.5 Å². The lowest BCUT2D eigenvalue weighted by molar-refractivity contribution is 0.0969. The Bertz CT molecular complexity index is 565. The molecule has 2 heterocycles. The van der Waals surface area contributed by atoms with Gasteiger partial charge in [-0.15, -0.1) is 0 Å². The predicted octanol–water partition coefficient (Wildman–Crippen LogP) is 3.44. The van der Waals surface area contributed by atoms with E-state index in [9.17, 15) is 0 Å². The van der Waals surface area contributed by atoms with Crippen LogP contribution in [0.4, 0.5) is 0 Å². The molecule has 1 saturated heterocycles. The van der Waals surface area contributed by atoms with Crippen LogP contribution in [-0.4, -0.2) is 30.1 Å². The third-order valence-electron chi connectivity index (χ3n) is 4.28. The molecule has 1 aliphatic carbocycles. The van der Waals surface area contributed by atoms with E-state index in [1.165, 1.54) is 25.9 Å². The zero-order valence-corrected chi connectivity index (χ0v) is 11.0. The molecule has 2 aliphatic rings. The Balaban J connectivity index is 1.44. The van der Waals surface area contributed by atoms with Crippen molar-refractivity contribution in [1.29, 1.82) is 0 Å². The summed E-state index contributed by atoms with van der Waals surface area (Å²) in [7, 11) is 0. The minimum Gasteiger partial charge on any atom is -0.486 e. The highest BCUT2D eigenvalue weighted by Crippen LogP contribution is 2.32. The molecule has 4 rings (SSSR count). The summed E-state index contributed by atoms with van der Waals surface area (Å²) in [6, 6.07) is 8.95. The number of hydrogen-bond donors (Lipinski definition) is 0. The first-order valence-electron chi connectivity index (χ1n) is 7.27. The fourth-order valence-corrected chi connectivity index (χ4v) is 3.02. The van der Waals surface area contributed by atoms with Crippen LogP contribution in [0, 0.1) is 0 Å². The van der Waals surface area contributed by atoms with Crippen LogP contribution in [0.3, 0.4) is 0 Å². The molecule has 0 atom stereocenters. The second-order valence-electron chi connectivity index (χ2n) is 5.68. The van der Waals surface area contributed by atoms with Crippen molar-refractivity contribution < 1.29 is 9.15 Å². The molecule has 100 valence electrons. The molecule has 1 saturated carbocycles. The van der Waals surface area contributed by atoms with E-state index in [1.54, 1.807) is 6.26 Å². The van der Waals surface area contributed by atoms with E-state index in [1.807, 2.05) is 18.2 Å². The maximum Gasteiger partial charge on any atom is 0.165 e. The average Bonchev–Trinajstić information content (AvgIpc) is 3.23. The van der Waals surface area contributed by atoms with Crippen molar-refractivity contribution in [3.8, 4) is 5.75 Å². The maximum atomic E-state index is 6.14. The number of piperidine rings is 1. The molecule has 2 aromatic rings. The smallest absolute Gasteiger partial charge is 0.165 e. The number of hydrogen-bond acceptors (Lipinski definition) is 3. The van der Waals surface area contributed by atoms with Crippen molar-refractivity contribution >= 4 is 11.0 Å². The monoisotopic (exact) mass is 257 g/mol. The summed E-state index contributed by atoms with van der Waals surface area (Å²) in [5, 5.41) is 1.09. The molecule has 1 aliphatic heterocycles. The van der Waals surface area contributed by atoms with Crippen LogP contribution in [0.15, 0.2) is 34.9 Å². The number of fused-ring (bicyclic) bond motifs is 1. The molecule has 3 nitrogen and oxygen atoms in total. The van der Waals surface area contributed by atoms with Gasteiger partial charge >= 0.3 is 0 Å². The highest BCUT2D eigenvalue weighted by molar-refractivity contribution is 5.83. The Morgan fingerprint density at radius 3 is 2.63 bits per heavy atom. The van der Waals surface area contributed by atoms with Gasteiger partial charge in [0.15, 0.2) is 5.75 Å². The SMILES string of the molecule is c1ccc2c(OC3CCN(C4CC4)CC3)coc2c1. The van der Waals surface area contributed by atoms with Gasteiger partial charge in [-0.1, -0.05) is 12.1 Å². The van der Waals surface area contributed by atoms with Gasteiger partial charge in [-0.25, -0.2) is 0 Å². The summed E-state index contributed by atoms with van der Waals surface area (Å²) in [4.78, 5) is 2.62. The predicted molar refractivity (Wildman–Crippen MR) is 74.5 cm³/mol. The molecule has 2 fully saturated rings. The van der Waals surface area contributed by atoms with E-state index in [-0.39, 0.29) is 0 Å². The van der Waals surface area contributed by atoms with Crippen molar-refractivity contribution in [2.24, 2.45) is 0 Å². The summed E-state index contributed by atoms with van der Waals surface area (Å²) in [5.74, 6) is 0.903. The third kappa shape index (κ3) is 2.23. The largest absolute Gasteiger partial charge is 0.486 e. The van der Waals surface area contributed by atoms with Crippen molar-refractivity contribution in [2.45, 2.75) is 37.8 Å². The average molecular weight is 257 g/mol. The summed E-state index contributed by atoms with van der Waals surface area (Å²) in [6.07, 6.45) is 7.16. The van der Waals surface area contributed by atoms with E-state index in [2.05, 4.69) is 11.0 Å². The Kier molecular flexibility index (Phi) is 2.73. The number of para-hydroxylation sites is 1. The quantitative estimate of drug-likeness (QED) is 0.842. The number of nitrogens with zero attached hydrogens (tertiary/aromatic N) is 1. The number of benzene rings is 1. The Labute approximate surface area is 113 Å². The molecule has 0 spiro atoms. The standard InChI is InChI=1S/C16H19NO2/c1-2-4-15-14(3-1)16(11-18-15)19-13-7-9-17(10-8-13)12-5-6-12/h1-4,11-13H,5-10H2. The molecule has 3 heteroatoms. The van der Waals surface area contributed by atoms with Crippen LogP contribution < -0.4 is 4.74 Å². The van der Waals surface area contributed by atoms with Crippen LogP contribution in [-0.2, 0) is 0 Å². The van der Waals surface area contributed by atoms with Gasteiger partial charge in [0, 0.05) is 19.1 Å². The van der Waals surface area contributed by atoms with E-state index in [4.69, 9.17) is 9.15 Å². The molecule has 1 aromatic carbocycles. The lowest BCUT2D eigenvalue weighted by Gasteiger charge is -2.31. The van der Waals surface area contributed by atoms with Crippen molar-refractivity contribution in [1.82, 2.24) is 4.90 Å². The van der Waals surface area contributed by atoms with Gasteiger partial charge in [0.2, 0.25) is 0 Å². The summed E-state index contributed by atoms with van der Waals surface area (Å²) in [6.45, 7) is 2.37. The maximum absolute atomic E-state index is 6.14. The second kappa shape index (κ2) is 4.57. The molecule has 0 N–H and O–H groups in total. The summed E-state index contributed by atoms with van der Waals surface area (Å²) >= 11 is 0. The van der Waals surface area contributed by atoms with Gasteiger partial charge in [-0.3, -0.25) is 0 Å². The minimum atomic E-state index is 0.344. The zero-order chi connectivity index (χ0) is 12.7. The van der Waals surface area contributed by atoms with Crippen LogP contribution >= 0.6 is 0 Å². The molecule has 0 amide bonds. The minimum absolute atomic E-state index is 0.344. The van der Waals surface area contributed by atoms with Gasteiger partial charge in [-0.2, -0.15) is 0 Å². The van der Waals surface area contributed by atoms with E-state index in [0.717, 1.165) is 35.6 Å². The number of furan rings is 1. The second-order valence-corrected chi connectivity index (χ2v) is 5.68. The number of rotatable bonds is 3. The van der Waals surface area contributed by atoms with Crippen LogP contribution in [0.2, 0.25) is 0 Å². The van der Waals surface area contributed by atoms with E-state index < -0.39 is 0 Å². The van der Waals surface area contributed by atoms with Crippen LogP contribution in [0.5, 0.6) is 5.75 Å². The van der Waals surface area contributed by atoms with Crippen LogP contribution in [0.1, 0.15) is 25.7 Å². The molecular weight excluding hydrogens is 238 g/mol. The lowest BCUT2D eigenvalue weighted by Crippen LogP contribution is -2.39. The lowest BCUT2D eigenvalue weighted by atomic mass is 10.1. The van der Waals surface area contributed by atoms with Crippen LogP contribution in [0.25, 0.3) is 11.0 Å². The van der Waals surface area contributed by atoms with Gasteiger partial charge in [-0.05, 0) is 37.8 Å². The third-order valence-corrected chi connectivity index (χ3v) is 4.28. The van der Waals surface area contributed by atoms with Gasteiger partial charge in [0.1, 0.15) is 18.0 Å². The first kappa shape index (κ1) is 11.4. The van der Waals surface area contributed by atoms with Crippen molar-refractivity contribution in [2.75, 3.05) is 13.1 Å². The van der Waals surface area contributed by atoms with E-state index in [0.29, 0.717) is 6.10 Å². The summed E-state index contributed by atoms with van der Waals surface area (Å²) in [5.41, 5.74) is 0.910. The molecular formula is C16H19NO2.